The van der Waals surface area contributed by atoms with Gasteiger partial charge in [-0.25, -0.2) is 0 Å². The fourth-order valence-corrected chi connectivity index (χ4v) is 2.89. The maximum Gasteiger partial charge on any atom is 0.274 e. The van der Waals surface area contributed by atoms with Crippen LogP contribution in [0.15, 0.2) is 60.8 Å². The summed E-state index contributed by atoms with van der Waals surface area (Å²) >= 11 is 6.09. The summed E-state index contributed by atoms with van der Waals surface area (Å²) in [6.45, 7) is 4.23. The minimum atomic E-state index is -0.404. The summed E-state index contributed by atoms with van der Waals surface area (Å²) in [4.78, 5) is 29.1. The fraction of sp³-hybridized carbons (Fsp3) is 0.136. The van der Waals surface area contributed by atoms with Crippen LogP contribution in [0.25, 0.3) is 0 Å². The minimum absolute atomic E-state index is 0.155. The molecule has 0 saturated heterocycles. The molecule has 5 nitrogen and oxygen atoms in total. The standard InChI is InChI=1S/C22H20ClN3O2/c1-14-6-3-4-7-17(14)13-25-21(27)16-10-11-24-20(12-16)22(28)26-19-9-5-8-18(23)15(19)2/h3-12H,13H2,1-2H3,(H,25,27)(H,26,28). The Morgan fingerprint density at radius 3 is 2.57 bits per heavy atom. The van der Waals surface area contributed by atoms with Crippen LogP contribution in [0.5, 0.6) is 0 Å². The molecule has 0 saturated carbocycles. The largest absolute Gasteiger partial charge is 0.348 e. The molecule has 0 spiro atoms. The highest BCUT2D eigenvalue weighted by Crippen LogP contribution is 2.23. The van der Waals surface area contributed by atoms with E-state index in [2.05, 4.69) is 15.6 Å². The Labute approximate surface area is 168 Å². The van der Waals surface area contributed by atoms with Gasteiger partial charge in [-0.3, -0.25) is 14.6 Å². The number of aromatic nitrogens is 1. The molecule has 0 unspecified atom stereocenters. The van der Waals surface area contributed by atoms with Crippen LogP contribution in [0.4, 0.5) is 5.69 Å². The monoisotopic (exact) mass is 393 g/mol. The molecular weight excluding hydrogens is 374 g/mol. The third-order valence-corrected chi connectivity index (χ3v) is 4.88. The number of halogens is 1. The predicted molar refractivity (Wildman–Crippen MR) is 111 cm³/mol. The fourth-order valence-electron chi connectivity index (χ4n) is 2.71. The van der Waals surface area contributed by atoms with Crippen LogP contribution < -0.4 is 10.6 Å². The lowest BCUT2D eigenvalue weighted by Crippen LogP contribution is -2.24. The molecule has 6 heteroatoms. The van der Waals surface area contributed by atoms with Crippen molar-refractivity contribution >= 4 is 29.1 Å². The molecular formula is C22H20ClN3O2. The lowest BCUT2D eigenvalue weighted by atomic mass is 10.1. The molecule has 0 fully saturated rings. The zero-order valence-electron chi connectivity index (χ0n) is 15.6. The van der Waals surface area contributed by atoms with Crippen LogP contribution in [0, 0.1) is 13.8 Å². The van der Waals surface area contributed by atoms with Gasteiger partial charge in [0.25, 0.3) is 11.8 Å². The van der Waals surface area contributed by atoms with E-state index in [0.717, 1.165) is 16.7 Å². The van der Waals surface area contributed by atoms with Gasteiger partial charge < -0.3 is 10.6 Å². The van der Waals surface area contributed by atoms with Gasteiger partial charge in [0.2, 0.25) is 0 Å². The molecule has 3 rings (SSSR count). The normalized spacial score (nSPS) is 10.4. The van der Waals surface area contributed by atoms with Crippen LogP contribution in [0.2, 0.25) is 5.02 Å². The number of carbonyl (C=O) groups excluding carboxylic acids is 2. The van der Waals surface area contributed by atoms with E-state index in [0.29, 0.717) is 22.8 Å². The Balaban J connectivity index is 1.70. The number of hydrogen-bond donors (Lipinski definition) is 2. The topological polar surface area (TPSA) is 71.1 Å². The van der Waals surface area contributed by atoms with Crippen molar-refractivity contribution in [3.05, 3.63) is 93.8 Å². The van der Waals surface area contributed by atoms with Crippen LogP contribution in [-0.2, 0) is 6.54 Å². The molecule has 0 radical (unpaired) electrons. The van der Waals surface area contributed by atoms with Crippen molar-refractivity contribution < 1.29 is 9.59 Å². The van der Waals surface area contributed by atoms with Crippen molar-refractivity contribution in [2.24, 2.45) is 0 Å². The molecule has 3 aromatic rings. The first-order valence-electron chi connectivity index (χ1n) is 8.81. The first-order valence-corrected chi connectivity index (χ1v) is 9.18. The highest BCUT2D eigenvalue weighted by atomic mass is 35.5. The number of benzene rings is 2. The third kappa shape index (κ3) is 4.56. The van der Waals surface area contributed by atoms with E-state index >= 15 is 0 Å². The number of nitrogens with zero attached hydrogens (tertiary/aromatic N) is 1. The highest BCUT2D eigenvalue weighted by molar-refractivity contribution is 6.31. The van der Waals surface area contributed by atoms with Gasteiger partial charge >= 0.3 is 0 Å². The molecule has 28 heavy (non-hydrogen) atoms. The Morgan fingerprint density at radius 2 is 1.79 bits per heavy atom. The van der Waals surface area contributed by atoms with Gasteiger partial charge in [0, 0.05) is 29.0 Å². The Kier molecular flexibility index (Phi) is 6.06. The highest BCUT2D eigenvalue weighted by Gasteiger charge is 2.14. The maximum absolute atomic E-state index is 12.5. The van der Waals surface area contributed by atoms with Crippen LogP contribution in [-0.4, -0.2) is 16.8 Å². The molecule has 1 aromatic heterocycles. The molecule has 2 aromatic carbocycles. The van der Waals surface area contributed by atoms with Gasteiger partial charge in [-0.15, -0.1) is 0 Å². The summed E-state index contributed by atoms with van der Waals surface area (Å²) in [5, 5.41) is 6.22. The molecule has 0 aliphatic carbocycles. The third-order valence-electron chi connectivity index (χ3n) is 4.47. The lowest BCUT2D eigenvalue weighted by molar-refractivity contribution is 0.0950. The van der Waals surface area contributed by atoms with E-state index in [1.807, 2.05) is 38.1 Å². The molecule has 0 aliphatic rings. The Bertz CT molecular complexity index is 1030. The van der Waals surface area contributed by atoms with Crippen molar-refractivity contribution in [2.45, 2.75) is 20.4 Å². The van der Waals surface area contributed by atoms with E-state index in [4.69, 9.17) is 11.6 Å². The average molecular weight is 394 g/mol. The number of anilines is 1. The van der Waals surface area contributed by atoms with Gasteiger partial charge in [0.05, 0.1) is 0 Å². The second-order valence-electron chi connectivity index (χ2n) is 6.41. The van der Waals surface area contributed by atoms with E-state index in [-0.39, 0.29) is 11.6 Å². The van der Waals surface area contributed by atoms with Crippen molar-refractivity contribution in [3.8, 4) is 0 Å². The predicted octanol–water partition coefficient (Wildman–Crippen LogP) is 4.53. The molecule has 0 bridgehead atoms. The second-order valence-corrected chi connectivity index (χ2v) is 6.81. The quantitative estimate of drug-likeness (QED) is 0.668. The summed E-state index contributed by atoms with van der Waals surface area (Å²) in [6.07, 6.45) is 1.45. The van der Waals surface area contributed by atoms with Gasteiger partial charge in [0.15, 0.2) is 0 Å². The number of nitrogens with one attached hydrogen (secondary N) is 2. The van der Waals surface area contributed by atoms with E-state index in [1.54, 1.807) is 24.3 Å². The summed E-state index contributed by atoms with van der Waals surface area (Å²) in [5.41, 5.74) is 4.05. The molecule has 1 heterocycles. The molecule has 0 aliphatic heterocycles. The molecule has 142 valence electrons. The van der Waals surface area contributed by atoms with E-state index in [1.165, 1.54) is 12.3 Å². The maximum atomic E-state index is 12.5. The number of carbonyl (C=O) groups is 2. The number of aryl methyl sites for hydroxylation is 1. The number of amides is 2. The summed E-state index contributed by atoms with van der Waals surface area (Å²) < 4.78 is 0. The SMILES string of the molecule is Cc1ccccc1CNC(=O)c1ccnc(C(=O)Nc2cccc(Cl)c2C)c1. The zero-order valence-corrected chi connectivity index (χ0v) is 16.4. The first-order chi connectivity index (χ1) is 13.5. The lowest BCUT2D eigenvalue weighted by Gasteiger charge is -2.10. The van der Waals surface area contributed by atoms with Crippen molar-refractivity contribution in [1.29, 1.82) is 0 Å². The summed E-state index contributed by atoms with van der Waals surface area (Å²) in [6, 6.07) is 16.2. The van der Waals surface area contributed by atoms with E-state index < -0.39 is 5.91 Å². The molecule has 0 atom stereocenters. The zero-order chi connectivity index (χ0) is 20.1. The second kappa shape index (κ2) is 8.67. The number of pyridine rings is 1. The number of rotatable bonds is 5. The number of hydrogen-bond acceptors (Lipinski definition) is 3. The minimum Gasteiger partial charge on any atom is -0.348 e. The summed E-state index contributed by atoms with van der Waals surface area (Å²) in [5.74, 6) is -0.669. The van der Waals surface area contributed by atoms with Crippen molar-refractivity contribution in [3.63, 3.8) is 0 Å². The molecule has 2 N–H and O–H groups in total. The van der Waals surface area contributed by atoms with Gasteiger partial charge in [-0.1, -0.05) is 41.9 Å². The van der Waals surface area contributed by atoms with Crippen LogP contribution in [0.1, 0.15) is 37.5 Å². The Hall–Kier alpha value is -3.18. The van der Waals surface area contributed by atoms with E-state index in [9.17, 15) is 9.59 Å². The van der Waals surface area contributed by atoms with Crippen molar-refractivity contribution in [1.82, 2.24) is 10.3 Å². The van der Waals surface area contributed by atoms with Gasteiger partial charge in [-0.2, -0.15) is 0 Å². The van der Waals surface area contributed by atoms with Crippen LogP contribution in [0.3, 0.4) is 0 Å². The summed E-state index contributed by atoms with van der Waals surface area (Å²) in [7, 11) is 0. The van der Waals surface area contributed by atoms with Crippen molar-refractivity contribution in [2.75, 3.05) is 5.32 Å². The smallest absolute Gasteiger partial charge is 0.274 e. The first kappa shape index (κ1) is 19.6. The van der Waals surface area contributed by atoms with Gasteiger partial charge in [-0.05, 0) is 54.8 Å². The molecule has 2 amide bonds. The van der Waals surface area contributed by atoms with Gasteiger partial charge in [0.1, 0.15) is 5.69 Å². The Morgan fingerprint density at radius 1 is 1.00 bits per heavy atom. The average Bonchev–Trinajstić information content (AvgIpc) is 2.70. The van der Waals surface area contributed by atoms with Crippen LogP contribution >= 0.6 is 11.6 Å².